The highest BCUT2D eigenvalue weighted by Gasteiger charge is 2.43. The van der Waals surface area contributed by atoms with Crippen molar-refractivity contribution in [1.82, 2.24) is 19.6 Å². The molecule has 26 heavy (non-hydrogen) atoms. The SMILES string of the molecule is COCCN1C[C@@]2(CCCN(C(=O)c3ccn(C(F)F)n3)C2)CCC1=O. The summed E-state index contributed by atoms with van der Waals surface area (Å²) in [4.78, 5) is 28.3. The Balaban J connectivity index is 1.69. The molecule has 2 amide bonds. The molecule has 1 aromatic heterocycles. The summed E-state index contributed by atoms with van der Waals surface area (Å²) in [5, 5.41) is 3.68. The van der Waals surface area contributed by atoms with Crippen LogP contribution < -0.4 is 0 Å². The van der Waals surface area contributed by atoms with Gasteiger partial charge in [-0.05, 0) is 25.3 Å². The molecule has 0 bridgehead atoms. The number of likely N-dealkylation sites (tertiary alicyclic amines) is 2. The zero-order valence-electron chi connectivity index (χ0n) is 14.9. The molecule has 0 unspecified atom stereocenters. The molecule has 1 spiro atoms. The number of alkyl halides is 2. The highest BCUT2D eigenvalue weighted by molar-refractivity contribution is 5.92. The van der Waals surface area contributed by atoms with Gasteiger partial charge in [-0.2, -0.15) is 13.9 Å². The molecule has 0 aromatic carbocycles. The molecule has 2 aliphatic rings. The van der Waals surface area contributed by atoms with Crippen LogP contribution in [-0.4, -0.2) is 71.3 Å². The summed E-state index contributed by atoms with van der Waals surface area (Å²) in [6.07, 6.45) is 4.09. The van der Waals surface area contributed by atoms with E-state index in [-0.39, 0.29) is 22.9 Å². The molecule has 1 aromatic rings. The number of piperidine rings is 2. The lowest BCUT2D eigenvalue weighted by Crippen LogP contribution is -2.55. The van der Waals surface area contributed by atoms with E-state index in [1.54, 1.807) is 12.0 Å². The normalized spacial score (nSPS) is 23.9. The van der Waals surface area contributed by atoms with Crippen LogP contribution in [0.15, 0.2) is 12.3 Å². The molecule has 3 heterocycles. The van der Waals surface area contributed by atoms with E-state index in [1.165, 1.54) is 6.07 Å². The molecule has 1 atom stereocenters. The standard InChI is InChI=1S/C17H24F2N4O3/c1-26-10-9-21-11-17(6-3-14(21)24)5-2-7-22(12-17)15(25)13-4-8-23(20-13)16(18)19/h4,8,16H,2-3,5-7,9-12H2,1H3/t17-/m1/s1. The van der Waals surface area contributed by atoms with Crippen LogP contribution in [0.25, 0.3) is 0 Å². The average Bonchev–Trinajstić information content (AvgIpc) is 3.13. The molecule has 0 radical (unpaired) electrons. The van der Waals surface area contributed by atoms with E-state index in [0.717, 1.165) is 25.5 Å². The van der Waals surface area contributed by atoms with Crippen LogP contribution in [0.2, 0.25) is 0 Å². The van der Waals surface area contributed by atoms with Crippen molar-refractivity contribution < 1.29 is 23.1 Å². The number of halogens is 2. The Labute approximate surface area is 150 Å². The molecule has 0 N–H and O–H groups in total. The van der Waals surface area contributed by atoms with Crippen LogP contribution in [0, 0.1) is 5.41 Å². The highest BCUT2D eigenvalue weighted by Crippen LogP contribution is 2.39. The Morgan fingerprint density at radius 3 is 2.88 bits per heavy atom. The summed E-state index contributed by atoms with van der Waals surface area (Å²) in [7, 11) is 1.60. The van der Waals surface area contributed by atoms with E-state index in [1.807, 2.05) is 4.90 Å². The van der Waals surface area contributed by atoms with E-state index in [4.69, 9.17) is 4.74 Å². The van der Waals surface area contributed by atoms with Gasteiger partial charge in [0.05, 0.1) is 6.61 Å². The van der Waals surface area contributed by atoms with Crippen LogP contribution >= 0.6 is 0 Å². The predicted molar refractivity (Wildman–Crippen MR) is 88.7 cm³/mol. The van der Waals surface area contributed by atoms with Crippen molar-refractivity contribution in [3.05, 3.63) is 18.0 Å². The van der Waals surface area contributed by atoms with Crippen molar-refractivity contribution in [3.8, 4) is 0 Å². The first-order valence-corrected chi connectivity index (χ1v) is 8.83. The minimum absolute atomic E-state index is 0.0328. The summed E-state index contributed by atoms with van der Waals surface area (Å²) >= 11 is 0. The number of hydrogen-bond acceptors (Lipinski definition) is 4. The topological polar surface area (TPSA) is 67.7 Å². The summed E-state index contributed by atoms with van der Waals surface area (Å²) in [5.41, 5.74) is -0.105. The van der Waals surface area contributed by atoms with Crippen LogP contribution in [0.4, 0.5) is 8.78 Å². The highest BCUT2D eigenvalue weighted by atomic mass is 19.3. The maximum Gasteiger partial charge on any atom is 0.333 e. The van der Waals surface area contributed by atoms with Crippen molar-refractivity contribution in [2.24, 2.45) is 5.41 Å². The van der Waals surface area contributed by atoms with Gasteiger partial charge in [0.2, 0.25) is 5.91 Å². The first-order valence-electron chi connectivity index (χ1n) is 8.83. The third-order valence-electron chi connectivity index (χ3n) is 5.29. The predicted octanol–water partition coefficient (Wildman–Crippen LogP) is 1.77. The fourth-order valence-electron chi connectivity index (χ4n) is 3.94. The molecule has 3 rings (SSSR count). The van der Waals surface area contributed by atoms with Crippen LogP contribution in [0.1, 0.15) is 42.7 Å². The van der Waals surface area contributed by atoms with E-state index >= 15 is 0 Å². The number of hydrogen-bond donors (Lipinski definition) is 0. The maximum atomic E-state index is 12.7. The fraction of sp³-hybridized carbons (Fsp3) is 0.706. The van der Waals surface area contributed by atoms with E-state index < -0.39 is 6.55 Å². The quantitative estimate of drug-likeness (QED) is 0.792. The van der Waals surface area contributed by atoms with Gasteiger partial charge in [-0.3, -0.25) is 9.59 Å². The summed E-state index contributed by atoms with van der Waals surface area (Å²) in [6.45, 7) is -0.0369. The zero-order valence-corrected chi connectivity index (χ0v) is 14.9. The third-order valence-corrected chi connectivity index (χ3v) is 5.29. The largest absolute Gasteiger partial charge is 0.383 e. The number of rotatable bonds is 5. The molecular weight excluding hydrogens is 346 g/mol. The van der Waals surface area contributed by atoms with Crippen molar-refractivity contribution >= 4 is 11.8 Å². The first kappa shape index (κ1) is 18.8. The van der Waals surface area contributed by atoms with Crippen molar-refractivity contribution in [2.75, 3.05) is 39.9 Å². The van der Waals surface area contributed by atoms with Crippen molar-refractivity contribution in [2.45, 2.75) is 32.2 Å². The number of amides is 2. The number of methoxy groups -OCH3 is 1. The van der Waals surface area contributed by atoms with E-state index in [0.29, 0.717) is 43.9 Å². The van der Waals surface area contributed by atoms with Gasteiger partial charge in [0.1, 0.15) is 0 Å². The van der Waals surface area contributed by atoms with Gasteiger partial charge < -0.3 is 14.5 Å². The van der Waals surface area contributed by atoms with Gasteiger partial charge in [0.25, 0.3) is 5.91 Å². The van der Waals surface area contributed by atoms with Crippen LogP contribution in [0.5, 0.6) is 0 Å². The summed E-state index contributed by atoms with van der Waals surface area (Å²) in [5.74, 6) is -0.212. The second-order valence-corrected chi connectivity index (χ2v) is 7.10. The van der Waals surface area contributed by atoms with Gasteiger partial charge in [-0.15, -0.1) is 0 Å². The molecule has 9 heteroatoms. The van der Waals surface area contributed by atoms with Crippen LogP contribution in [-0.2, 0) is 9.53 Å². The smallest absolute Gasteiger partial charge is 0.333 e. The lowest BCUT2D eigenvalue weighted by molar-refractivity contribution is -0.139. The maximum absolute atomic E-state index is 12.7. The molecule has 2 aliphatic heterocycles. The first-order chi connectivity index (χ1) is 12.4. The van der Waals surface area contributed by atoms with Crippen molar-refractivity contribution in [1.29, 1.82) is 0 Å². The molecule has 7 nitrogen and oxygen atoms in total. The Morgan fingerprint density at radius 1 is 1.38 bits per heavy atom. The Hall–Kier alpha value is -2.03. The van der Waals surface area contributed by atoms with Crippen molar-refractivity contribution in [3.63, 3.8) is 0 Å². The number of nitrogens with zero attached hydrogens (tertiary/aromatic N) is 4. The Bertz CT molecular complexity index is 666. The average molecular weight is 370 g/mol. The minimum atomic E-state index is -2.76. The number of carbonyl (C=O) groups excluding carboxylic acids is 2. The van der Waals surface area contributed by atoms with Gasteiger partial charge in [-0.1, -0.05) is 0 Å². The zero-order chi connectivity index (χ0) is 18.7. The molecule has 0 aliphatic carbocycles. The number of carbonyl (C=O) groups is 2. The molecule has 2 fully saturated rings. The monoisotopic (exact) mass is 370 g/mol. The second-order valence-electron chi connectivity index (χ2n) is 7.10. The van der Waals surface area contributed by atoms with Gasteiger partial charge in [0, 0.05) is 51.3 Å². The summed E-state index contributed by atoms with van der Waals surface area (Å²) < 4.78 is 30.9. The number of ether oxygens (including phenoxy) is 1. The molecule has 0 saturated carbocycles. The summed E-state index contributed by atoms with van der Waals surface area (Å²) in [6, 6.07) is 1.32. The number of aromatic nitrogens is 2. The molecule has 144 valence electrons. The van der Waals surface area contributed by atoms with Gasteiger partial charge in [-0.25, -0.2) is 4.68 Å². The van der Waals surface area contributed by atoms with E-state index in [2.05, 4.69) is 5.10 Å². The van der Waals surface area contributed by atoms with E-state index in [9.17, 15) is 18.4 Å². The molecule has 2 saturated heterocycles. The lowest BCUT2D eigenvalue weighted by atomic mass is 9.73. The lowest BCUT2D eigenvalue weighted by Gasteiger charge is -2.48. The fourth-order valence-corrected chi connectivity index (χ4v) is 3.94. The Morgan fingerprint density at radius 2 is 2.19 bits per heavy atom. The van der Waals surface area contributed by atoms with Gasteiger partial charge >= 0.3 is 6.55 Å². The Kier molecular flexibility index (Phi) is 5.55. The van der Waals surface area contributed by atoms with Crippen LogP contribution in [0.3, 0.4) is 0 Å². The van der Waals surface area contributed by atoms with Gasteiger partial charge in [0.15, 0.2) is 5.69 Å². The molecular formula is C17H24F2N4O3. The second kappa shape index (κ2) is 7.69. The minimum Gasteiger partial charge on any atom is -0.383 e. The third kappa shape index (κ3) is 3.87.